The number of nitriles is 1. The summed E-state index contributed by atoms with van der Waals surface area (Å²) in [5.74, 6) is 1.37. The number of nitrogens with one attached hydrogen (secondary N) is 1. The van der Waals surface area contributed by atoms with Crippen LogP contribution in [0.3, 0.4) is 0 Å². The van der Waals surface area contributed by atoms with Gasteiger partial charge in [0.1, 0.15) is 6.07 Å². The molecular formula is C13H18N4O. The van der Waals surface area contributed by atoms with E-state index in [-0.39, 0.29) is 6.61 Å². The lowest BCUT2D eigenvalue weighted by molar-refractivity contribution is 0.141. The van der Waals surface area contributed by atoms with Crippen LogP contribution in [0.4, 0.5) is 5.82 Å². The number of anilines is 1. The van der Waals surface area contributed by atoms with Gasteiger partial charge in [-0.05, 0) is 24.7 Å². The van der Waals surface area contributed by atoms with Crippen LogP contribution < -0.4 is 5.32 Å². The lowest BCUT2D eigenvalue weighted by Crippen LogP contribution is -2.29. The molecule has 0 saturated heterocycles. The Morgan fingerprint density at radius 1 is 1.28 bits per heavy atom. The van der Waals surface area contributed by atoms with Crippen LogP contribution in [0.2, 0.25) is 0 Å². The second-order valence-electron chi connectivity index (χ2n) is 4.73. The van der Waals surface area contributed by atoms with Crippen LogP contribution in [-0.2, 0) is 0 Å². The summed E-state index contributed by atoms with van der Waals surface area (Å²) in [4.78, 5) is 8.09. The third-order valence-corrected chi connectivity index (χ3v) is 3.64. The van der Waals surface area contributed by atoms with Crippen molar-refractivity contribution >= 4 is 5.82 Å². The van der Waals surface area contributed by atoms with Crippen LogP contribution in [0.5, 0.6) is 0 Å². The smallest absolute Gasteiger partial charge is 0.182 e. The number of rotatable bonds is 4. The molecule has 0 spiro atoms. The Labute approximate surface area is 107 Å². The van der Waals surface area contributed by atoms with Gasteiger partial charge in [-0.15, -0.1) is 0 Å². The first-order valence-corrected chi connectivity index (χ1v) is 6.41. The minimum Gasteiger partial charge on any atom is -0.396 e. The SMILES string of the molecule is N#Cc1nccnc1NCC1CCCCC1CO. The van der Waals surface area contributed by atoms with Gasteiger partial charge in [-0.2, -0.15) is 5.26 Å². The van der Waals surface area contributed by atoms with Gasteiger partial charge in [-0.25, -0.2) is 9.97 Å². The fraction of sp³-hybridized carbons (Fsp3) is 0.615. The van der Waals surface area contributed by atoms with Gasteiger partial charge in [0, 0.05) is 25.5 Å². The van der Waals surface area contributed by atoms with Crippen LogP contribution in [0.25, 0.3) is 0 Å². The molecule has 2 N–H and O–H groups in total. The third-order valence-electron chi connectivity index (χ3n) is 3.64. The van der Waals surface area contributed by atoms with Crippen molar-refractivity contribution in [2.75, 3.05) is 18.5 Å². The van der Waals surface area contributed by atoms with E-state index >= 15 is 0 Å². The molecule has 1 aromatic heterocycles. The predicted octanol–water partition coefficient (Wildman–Crippen LogP) is 1.56. The number of hydrogen-bond donors (Lipinski definition) is 2. The molecule has 1 aliphatic rings. The molecule has 1 aliphatic carbocycles. The molecule has 1 fully saturated rings. The van der Waals surface area contributed by atoms with Crippen LogP contribution in [0, 0.1) is 23.2 Å². The normalized spacial score (nSPS) is 23.3. The van der Waals surface area contributed by atoms with Crippen molar-refractivity contribution in [3.05, 3.63) is 18.1 Å². The molecule has 0 aliphatic heterocycles. The Kier molecular flexibility index (Phi) is 4.48. The Hall–Kier alpha value is -1.67. The fourth-order valence-corrected chi connectivity index (χ4v) is 2.57. The monoisotopic (exact) mass is 246 g/mol. The van der Waals surface area contributed by atoms with Crippen molar-refractivity contribution in [2.24, 2.45) is 11.8 Å². The molecule has 0 amide bonds. The summed E-state index contributed by atoms with van der Waals surface area (Å²) < 4.78 is 0. The summed E-state index contributed by atoms with van der Waals surface area (Å²) in [6, 6.07) is 2.02. The molecule has 2 unspecified atom stereocenters. The Bertz CT molecular complexity index is 429. The number of nitrogens with zero attached hydrogens (tertiary/aromatic N) is 3. The maximum Gasteiger partial charge on any atom is 0.182 e. The largest absolute Gasteiger partial charge is 0.396 e. The molecule has 1 saturated carbocycles. The van der Waals surface area contributed by atoms with E-state index in [0.29, 0.717) is 23.3 Å². The van der Waals surface area contributed by atoms with Crippen molar-refractivity contribution in [3.63, 3.8) is 0 Å². The van der Waals surface area contributed by atoms with Crippen molar-refractivity contribution in [1.29, 1.82) is 5.26 Å². The van der Waals surface area contributed by atoms with Crippen molar-refractivity contribution in [3.8, 4) is 6.07 Å². The summed E-state index contributed by atoms with van der Waals surface area (Å²) in [5, 5.41) is 21.5. The van der Waals surface area contributed by atoms with E-state index in [1.54, 1.807) is 6.20 Å². The van der Waals surface area contributed by atoms with Gasteiger partial charge in [-0.3, -0.25) is 0 Å². The van der Waals surface area contributed by atoms with Crippen molar-refractivity contribution in [2.45, 2.75) is 25.7 Å². The Morgan fingerprint density at radius 2 is 2.00 bits per heavy atom. The lowest BCUT2D eigenvalue weighted by atomic mass is 9.79. The van der Waals surface area contributed by atoms with E-state index in [4.69, 9.17) is 5.26 Å². The highest BCUT2D eigenvalue weighted by Gasteiger charge is 2.24. The second kappa shape index (κ2) is 6.31. The van der Waals surface area contributed by atoms with Crippen LogP contribution in [-0.4, -0.2) is 28.2 Å². The molecule has 0 aromatic carbocycles. The fourth-order valence-electron chi connectivity index (χ4n) is 2.57. The molecule has 2 rings (SSSR count). The highest BCUT2D eigenvalue weighted by atomic mass is 16.3. The molecule has 0 radical (unpaired) electrons. The van der Waals surface area contributed by atoms with E-state index in [2.05, 4.69) is 15.3 Å². The molecule has 1 heterocycles. The average Bonchev–Trinajstić information content (AvgIpc) is 2.45. The highest BCUT2D eigenvalue weighted by Crippen LogP contribution is 2.29. The number of hydrogen-bond acceptors (Lipinski definition) is 5. The minimum atomic E-state index is 0.248. The molecule has 96 valence electrons. The highest BCUT2D eigenvalue weighted by molar-refractivity contribution is 5.46. The first-order chi connectivity index (χ1) is 8.85. The first kappa shape index (κ1) is 12.8. The molecule has 5 heteroatoms. The summed E-state index contributed by atoms with van der Waals surface area (Å²) in [6.07, 6.45) is 7.73. The van der Waals surface area contributed by atoms with Crippen molar-refractivity contribution < 1.29 is 5.11 Å². The van der Waals surface area contributed by atoms with Crippen LogP contribution in [0.1, 0.15) is 31.4 Å². The molecule has 18 heavy (non-hydrogen) atoms. The molecule has 5 nitrogen and oxygen atoms in total. The van der Waals surface area contributed by atoms with Crippen LogP contribution >= 0.6 is 0 Å². The first-order valence-electron chi connectivity index (χ1n) is 6.41. The predicted molar refractivity (Wildman–Crippen MR) is 67.8 cm³/mol. The topological polar surface area (TPSA) is 81.8 Å². The maximum absolute atomic E-state index is 9.35. The molecule has 0 bridgehead atoms. The molecule has 2 atom stereocenters. The van der Waals surface area contributed by atoms with Crippen LogP contribution in [0.15, 0.2) is 12.4 Å². The number of aliphatic hydroxyl groups is 1. The second-order valence-corrected chi connectivity index (χ2v) is 4.73. The van der Waals surface area contributed by atoms with E-state index in [1.807, 2.05) is 6.07 Å². The Balaban J connectivity index is 1.96. The van der Waals surface area contributed by atoms with Gasteiger partial charge in [0.2, 0.25) is 0 Å². The number of aromatic nitrogens is 2. The zero-order chi connectivity index (χ0) is 12.8. The summed E-state index contributed by atoms with van der Waals surface area (Å²) in [7, 11) is 0. The van der Waals surface area contributed by atoms with E-state index in [9.17, 15) is 5.11 Å². The Morgan fingerprint density at radius 3 is 2.72 bits per heavy atom. The maximum atomic E-state index is 9.35. The summed E-state index contributed by atoms with van der Waals surface area (Å²) in [6.45, 7) is 0.997. The van der Waals surface area contributed by atoms with E-state index in [0.717, 1.165) is 19.4 Å². The van der Waals surface area contributed by atoms with Gasteiger partial charge in [0.15, 0.2) is 11.5 Å². The number of aliphatic hydroxyl groups excluding tert-OH is 1. The van der Waals surface area contributed by atoms with E-state index < -0.39 is 0 Å². The summed E-state index contributed by atoms with van der Waals surface area (Å²) >= 11 is 0. The van der Waals surface area contributed by atoms with Gasteiger partial charge in [0.05, 0.1) is 0 Å². The third kappa shape index (κ3) is 2.96. The molecule has 1 aromatic rings. The molecular weight excluding hydrogens is 228 g/mol. The summed E-state index contributed by atoms with van der Waals surface area (Å²) in [5.41, 5.74) is 0.328. The van der Waals surface area contributed by atoms with E-state index in [1.165, 1.54) is 19.0 Å². The van der Waals surface area contributed by atoms with Gasteiger partial charge >= 0.3 is 0 Å². The van der Waals surface area contributed by atoms with Gasteiger partial charge in [-0.1, -0.05) is 12.8 Å². The van der Waals surface area contributed by atoms with Gasteiger partial charge < -0.3 is 10.4 Å². The minimum absolute atomic E-state index is 0.248. The standard InChI is InChI=1S/C13H18N4O/c14-7-12-13(16-6-5-15-12)17-8-10-3-1-2-4-11(10)9-18/h5-6,10-11,18H,1-4,8-9H2,(H,16,17). The van der Waals surface area contributed by atoms with Gasteiger partial charge in [0.25, 0.3) is 0 Å². The zero-order valence-electron chi connectivity index (χ0n) is 10.3. The zero-order valence-corrected chi connectivity index (χ0v) is 10.3. The average molecular weight is 246 g/mol. The lowest BCUT2D eigenvalue weighted by Gasteiger charge is -2.30. The quantitative estimate of drug-likeness (QED) is 0.842. The van der Waals surface area contributed by atoms with Crippen molar-refractivity contribution in [1.82, 2.24) is 9.97 Å².